The fraction of sp³-hybridized carbons (Fsp3) is 0.556. The van der Waals surface area contributed by atoms with Gasteiger partial charge in [-0.15, -0.1) is 0 Å². The molecular weight excluding hydrogens is 320 g/mol. The van der Waals surface area contributed by atoms with Crippen molar-refractivity contribution < 1.29 is 14.1 Å². The second-order valence-electron chi connectivity index (χ2n) is 6.27. The van der Waals surface area contributed by atoms with E-state index in [4.69, 9.17) is 9.26 Å². The first-order valence-electron chi connectivity index (χ1n) is 8.72. The molecule has 0 aromatic carbocycles. The van der Waals surface area contributed by atoms with Gasteiger partial charge >= 0.3 is 0 Å². The highest BCUT2D eigenvalue weighted by Gasteiger charge is 2.31. The van der Waals surface area contributed by atoms with E-state index in [2.05, 4.69) is 15.1 Å². The molecule has 7 heteroatoms. The second-order valence-corrected chi connectivity index (χ2v) is 6.27. The van der Waals surface area contributed by atoms with Gasteiger partial charge in [-0.05, 0) is 33.1 Å². The summed E-state index contributed by atoms with van der Waals surface area (Å²) in [5, 5.41) is 4.01. The standard InChI is InChI=1S/C18H24N4O3/c1-4-15-17(13(3)25-21-15)18(23)22-9-10-24-11-14(22)5-6-16-12(2)19-7-8-20-16/h7-8,14H,4-6,9-11H2,1-3H3/t14-/m0/s1. The molecule has 0 spiro atoms. The summed E-state index contributed by atoms with van der Waals surface area (Å²) in [7, 11) is 0. The van der Waals surface area contributed by atoms with E-state index in [0.717, 1.165) is 29.9 Å². The van der Waals surface area contributed by atoms with E-state index < -0.39 is 0 Å². The Morgan fingerprint density at radius 2 is 2.08 bits per heavy atom. The Hall–Kier alpha value is -2.28. The molecule has 0 aliphatic carbocycles. The minimum Gasteiger partial charge on any atom is -0.377 e. The van der Waals surface area contributed by atoms with Crippen molar-refractivity contribution in [3.05, 3.63) is 40.8 Å². The zero-order valence-electron chi connectivity index (χ0n) is 15.0. The number of hydrogen-bond donors (Lipinski definition) is 0. The zero-order chi connectivity index (χ0) is 17.8. The maximum Gasteiger partial charge on any atom is 0.259 e. The molecule has 0 radical (unpaired) electrons. The summed E-state index contributed by atoms with van der Waals surface area (Å²) in [6.45, 7) is 7.39. The van der Waals surface area contributed by atoms with Crippen molar-refractivity contribution in [3.8, 4) is 0 Å². The average molecular weight is 344 g/mol. The van der Waals surface area contributed by atoms with Crippen LogP contribution in [0.1, 0.15) is 46.5 Å². The van der Waals surface area contributed by atoms with Crippen LogP contribution in [0.3, 0.4) is 0 Å². The molecule has 1 amide bonds. The lowest BCUT2D eigenvalue weighted by molar-refractivity contribution is -0.00427. The van der Waals surface area contributed by atoms with Crippen LogP contribution in [0.15, 0.2) is 16.9 Å². The molecule has 0 N–H and O–H groups in total. The molecule has 1 saturated heterocycles. The molecule has 1 aliphatic rings. The van der Waals surface area contributed by atoms with Gasteiger partial charge in [-0.3, -0.25) is 14.8 Å². The van der Waals surface area contributed by atoms with Gasteiger partial charge in [0.25, 0.3) is 5.91 Å². The van der Waals surface area contributed by atoms with Gasteiger partial charge in [0.15, 0.2) is 0 Å². The largest absolute Gasteiger partial charge is 0.377 e. The van der Waals surface area contributed by atoms with Crippen LogP contribution in [0, 0.1) is 13.8 Å². The number of carbonyl (C=O) groups excluding carboxylic acids is 1. The first-order chi connectivity index (χ1) is 12.1. The highest BCUT2D eigenvalue weighted by Crippen LogP contribution is 2.21. The first kappa shape index (κ1) is 17.5. The van der Waals surface area contributed by atoms with Crippen LogP contribution in [-0.4, -0.2) is 51.7 Å². The van der Waals surface area contributed by atoms with Crippen molar-refractivity contribution in [1.29, 1.82) is 0 Å². The number of aryl methyl sites for hydroxylation is 4. The van der Waals surface area contributed by atoms with Crippen molar-refractivity contribution >= 4 is 5.91 Å². The van der Waals surface area contributed by atoms with Crippen LogP contribution >= 0.6 is 0 Å². The minimum absolute atomic E-state index is 0.0141. The van der Waals surface area contributed by atoms with Gasteiger partial charge in [0, 0.05) is 18.9 Å². The van der Waals surface area contributed by atoms with Crippen molar-refractivity contribution in [3.63, 3.8) is 0 Å². The topological polar surface area (TPSA) is 81.4 Å². The number of nitrogens with zero attached hydrogens (tertiary/aromatic N) is 4. The number of aromatic nitrogens is 3. The Morgan fingerprint density at radius 1 is 1.28 bits per heavy atom. The molecule has 2 aromatic rings. The molecule has 7 nitrogen and oxygen atoms in total. The predicted molar refractivity (Wildman–Crippen MR) is 91.4 cm³/mol. The monoisotopic (exact) mass is 344 g/mol. The molecule has 0 unspecified atom stereocenters. The number of hydrogen-bond acceptors (Lipinski definition) is 6. The maximum atomic E-state index is 13.1. The normalized spacial score (nSPS) is 17.7. The molecule has 0 saturated carbocycles. The summed E-state index contributed by atoms with van der Waals surface area (Å²) >= 11 is 0. The molecule has 1 aliphatic heterocycles. The summed E-state index contributed by atoms with van der Waals surface area (Å²) in [6.07, 6.45) is 5.63. The Bertz CT molecular complexity index is 744. The summed E-state index contributed by atoms with van der Waals surface area (Å²) in [5.74, 6) is 0.566. The van der Waals surface area contributed by atoms with Crippen LogP contribution in [0.25, 0.3) is 0 Å². The lowest BCUT2D eigenvalue weighted by Crippen LogP contribution is -2.49. The number of rotatable bonds is 5. The van der Waals surface area contributed by atoms with Crippen LogP contribution in [0.4, 0.5) is 0 Å². The highest BCUT2D eigenvalue weighted by molar-refractivity contribution is 5.96. The van der Waals surface area contributed by atoms with Gasteiger partial charge in [-0.1, -0.05) is 12.1 Å². The van der Waals surface area contributed by atoms with Gasteiger partial charge < -0.3 is 14.2 Å². The predicted octanol–water partition coefficient (Wildman–Crippen LogP) is 2.12. The van der Waals surface area contributed by atoms with E-state index in [-0.39, 0.29) is 11.9 Å². The Morgan fingerprint density at radius 3 is 2.84 bits per heavy atom. The van der Waals surface area contributed by atoms with E-state index in [1.165, 1.54) is 0 Å². The molecule has 2 aromatic heterocycles. The third-order valence-corrected chi connectivity index (χ3v) is 4.67. The van der Waals surface area contributed by atoms with Gasteiger partial charge in [0.2, 0.25) is 0 Å². The van der Waals surface area contributed by atoms with E-state index in [0.29, 0.717) is 37.5 Å². The van der Waals surface area contributed by atoms with Gasteiger partial charge in [-0.2, -0.15) is 0 Å². The van der Waals surface area contributed by atoms with Gasteiger partial charge in [0.1, 0.15) is 11.3 Å². The third-order valence-electron chi connectivity index (χ3n) is 4.67. The van der Waals surface area contributed by atoms with Crippen LogP contribution in [0.2, 0.25) is 0 Å². The van der Waals surface area contributed by atoms with Crippen LogP contribution in [-0.2, 0) is 17.6 Å². The maximum absolute atomic E-state index is 13.1. The van der Waals surface area contributed by atoms with E-state index in [9.17, 15) is 4.79 Å². The fourth-order valence-corrected chi connectivity index (χ4v) is 3.22. The van der Waals surface area contributed by atoms with Crippen molar-refractivity contribution in [1.82, 2.24) is 20.0 Å². The smallest absolute Gasteiger partial charge is 0.259 e. The number of ether oxygens (including phenoxy) is 1. The zero-order valence-corrected chi connectivity index (χ0v) is 15.0. The molecule has 0 bridgehead atoms. The van der Waals surface area contributed by atoms with Crippen molar-refractivity contribution in [2.24, 2.45) is 0 Å². The van der Waals surface area contributed by atoms with Crippen molar-refractivity contribution in [2.45, 2.75) is 46.1 Å². The molecule has 3 rings (SSSR count). The molecule has 25 heavy (non-hydrogen) atoms. The molecular formula is C18H24N4O3. The fourth-order valence-electron chi connectivity index (χ4n) is 3.22. The van der Waals surface area contributed by atoms with E-state index >= 15 is 0 Å². The van der Waals surface area contributed by atoms with E-state index in [1.807, 2.05) is 18.7 Å². The highest BCUT2D eigenvalue weighted by atomic mass is 16.5. The lowest BCUT2D eigenvalue weighted by atomic mass is 10.0. The van der Waals surface area contributed by atoms with Crippen LogP contribution < -0.4 is 0 Å². The number of carbonyl (C=O) groups is 1. The third kappa shape index (κ3) is 3.71. The first-order valence-corrected chi connectivity index (χ1v) is 8.72. The number of amides is 1. The van der Waals surface area contributed by atoms with Gasteiger partial charge in [0.05, 0.1) is 36.3 Å². The Balaban J connectivity index is 1.75. The molecule has 1 fully saturated rings. The molecule has 3 heterocycles. The average Bonchev–Trinajstić information content (AvgIpc) is 3.01. The number of morpholine rings is 1. The lowest BCUT2D eigenvalue weighted by Gasteiger charge is -2.35. The Kier molecular flexibility index (Phi) is 5.43. The summed E-state index contributed by atoms with van der Waals surface area (Å²) < 4.78 is 10.8. The van der Waals surface area contributed by atoms with E-state index in [1.54, 1.807) is 19.3 Å². The SMILES string of the molecule is CCc1noc(C)c1C(=O)N1CCOC[C@@H]1CCc1nccnc1C. The van der Waals surface area contributed by atoms with Gasteiger partial charge in [-0.25, -0.2) is 0 Å². The Labute approximate surface area is 147 Å². The molecule has 134 valence electrons. The van der Waals surface area contributed by atoms with Crippen molar-refractivity contribution in [2.75, 3.05) is 19.8 Å². The second kappa shape index (κ2) is 7.74. The van der Waals surface area contributed by atoms with Crippen LogP contribution in [0.5, 0.6) is 0 Å². The summed E-state index contributed by atoms with van der Waals surface area (Å²) in [6, 6.07) is 0.0154. The summed E-state index contributed by atoms with van der Waals surface area (Å²) in [4.78, 5) is 23.7. The minimum atomic E-state index is -0.0141. The quantitative estimate of drug-likeness (QED) is 0.826. The summed E-state index contributed by atoms with van der Waals surface area (Å²) in [5.41, 5.74) is 3.22. The molecule has 1 atom stereocenters.